The number of hydrogen-bond donors (Lipinski definition) is 1. The minimum Gasteiger partial charge on any atom is -0.432 e. The van der Waals surface area contributed by atoms with Crippen molar-refractivity contribution in [2.24, 2.45) is 5.92 Å². The van der Waals surface area contributed by atoms with Gasteiger partial charge in [0.05, 0.1) is 6.61 Å². The van der Waals surface area contributed by atoms with Crippen LogP contribution in [0.25, 0.3) is 0 Å². The number of unbranched alkanes of at least 4 members (excludes halogenated alkanes) is 4. The Morgan fingerprint density at radius 2 is 1.71 bits per heavy atom. The molecule has 0 saturated carbocycles. The molecule has 102 valence electrons. The van der Waals surface area contributed by atoms with Crippen LogP contribution in [0.2, 0.25) is 0 Å². The smallest absolute Gasteiger partial charge is 0.432 e. The van der Waals surface area contributed by atoms with Crippen molar-refractivity contribution in [3.05, 3.63) is 0 Å². The van der Waals surface area contributed by atoms with Crippen LogP contribution < -0.4 is 0 Å². The molecule has 1 unspecified atom stereocenters. The predicted octanol–water partition coefficient (Wildman–Crippen LogP) is 4.39. The molecule has 0 saturated heterocycles. The standard InChI is InChI=1S/C13H26O4/c1-3-5-7-8-10-12(9-6-4-2)11-16-13(14)17-15/h12,15H,3-11H2,1-2H3. The fourth-order valence-corrected chi connectivity index (χ4v) is 1.88. The first-order valence-electron chi connectivity index (χ1n) is 6.72. The van der Waals surface area contributed by atoms with E-state index in [1.165, 1.54) is 25.7 Å². The Balaban J connectivity index is 3.74. The summed E-state index contributed by atoms with van der Waals surface area (Å²) in [7, 11) is 0. The molecule has 0 aliphatic carbocycles. The maximum Gasteiger partial charge on any atom is 0.540 e. The van der Waals surface area contributed by atoms with E-state index in [1.54, 1.807) is 0 Å². The van der Waals surface area contributed by atoms with Gasteiger partial charge in [0.25, 0.3) is 0 Å². The van der Waals surface area contributed by atoms with E-state index in [4.69, 9.17) is 9.99 Å². The van der Waals surface area contributed by atoms with Crippen molar-refractivity contribution < 1.29 is 19.7 Å². The summed E-state index contributed by atoms with van der Waals surface area (Å²) in [6.45, 7) is 4.69. The Bertz CT molecular complexity index is 182. The Hall–Kier alpha value is -0.770. The van der Waals surface area contributed by atoms with Gasteiger partial charge in [0.2, 0.25) is 0 Å². The molecule has 0 aromatic carbocycles. The molecular formula is C13H26O4. The summed E-state index contributed by atoms with van der Waals surface area (Å²) in [5, 5.41) is 8.10. The van der Waals surface area contributed by atoms with Crippen molar-refractivity contribution >= 4 is 6.16 Å². The zero-order valence-electron chi connectivity index (χ0n) is 11.1. The quantitative estimate of drug-likeness (QED) is 0.269. The maximum absolute atomic E-state index is 10.7. The Labute approximate surface area is 104 Å². The van der Waals surface area contributed by atoms with Gasteiger partial charge in [-0.1, -0.05) is 52.4 Å². The summed E-state index contributed by atoms with van der Waals surface area (Å²) in [5.74, 6) is 0.394. The van der Waals surface area contributed by atoms with Gasteiger partial charge in [0.1, 0.15) is 0 Å². The molecule has 17 heavy (non-hydrogen) atoms. The lowest BCUT2D eigenvalue weighted by molar-refractivity contribution is -0.201. The molecule has 0 radical (unpaired) electrons. The molecule has 0 aliphatic heterocycles. The topological polar surface area (TPSA) is 55.8 Å². The van der Waals surface area contributed by atoms with E-state index in [2.05, 4.69) is 18.7 Å². The highest BCUT2D eigenvalue weighted by atomic mass is 17.1. The van der Waals surface area contributed by atoms with Gasteiger partial charge in [0.15, 0.2) is 0 Å². The molecule has 0 rings (SSSR count). The maximum atomic E-state index is 10.7. The first-order chi connectivity index (χ1) is 8.24. The lowest BCUT2D eigenvalue weighted by Gasteiger charge is -2.15. The van der Waals surface area contributed by atoms with Crippen LogP contribution in [-0.2, 0) is 9.62 Å². The molecule has 0 amide bonds. The Kier molecular flexibility index (Phi) is 11.2. The second kappa shape index (κ2) is 11.7. The van der Waals surface area contributed by atoms with E-state index in [1.807, 2.05) is 0 Å². The SMILES string of the molecule is CCCCCCC(CCCC)COC(=O)OO. The van der Waals surface area contributed by atoms with Crippen LogP contribution in [-0.4, -0.2) is 18.0 Å². The Morgan fingerprint density at radius 3 is 2.29 bits per heavy atom. The van der Waals surface area contributed by atoms with Crippen molar-refractivity contribution in [2.45, 2.75) is 65.2 Å². The van der Waals surface area contributed by atoms with Gasteiger partial charge in [-0.25, -0.2) is 4.79 Å². The lowest BCUT2D eigenvalue weighted by Crippen LogP contribution is -2.14. The average Bonchev–Trinajstić information content (AvgIpc) is 2.36. The van der Waals surface area contributed by atoms with Gasteiger partial charge in [-0.3, -0.25) is 4.89 Å². The van der Waals surface area contributed by atoms with Crippen molar-refractivity contribution in [1.82, 2.24) is 0 Å². The van der Waals surface area contributed by atoms with Crippen LogP contribution in [0.1, 0.15) is 65.2 Å². The highest BCUT2D eigenvalue weighted by Crippen LogP contribution is 2.17. The molecule has 0 aliphatic rings. The zero-order valence-corrected chi connectivity index (χ0v) is 11.1. The number of carbonyl (C=O) groups is 1. The molecule has 0 aromatic heterocycles. The minimum atomic E-state index is -1.000. The number of ether oxygens (including phenoxy) is 1. The van der Waals surface area contributed by atoms with Gasteiger partial charge in [-0.15, -0.1) is 0 Å². The number of carbonyl (C=O) groups excluding carboxylic acids is 1. The normalized spacial score (nSPS) is 12.2. The van der Waals surface area contributed by atoms with E-state index in [0.717, 1.165) is 25.7 Å². The first-order valence-corrected chi connectivity index (χ1v) is 6.72. The summed E-state index contributed by atoms with van der Waals surface area (Å²) in [4.78, 5) is 14.2. The van der Waals surface area contributed by atoms with Crippen LogP contribution in [0.15, 0.2) is 0 Å². The van der Waals surface area contributed by atoms with Crippen LogP contribution in [0.3, 0.4) is 0 Å². The third-order valence-corrected chi connectivity index (χ3v) is 2.94. The first kappa shape index (κ1) is 16.2. The largest absolute Gasteiger partial charge is 0.540 e. The lowest BCUT2D eigenvalue weighted by atomic mass is 9.96. The van der Waals surface area contributed by atoms with E-state index >= 15 is 0 Å². The molecular weight excluding hydrogens is 220 g/mol. The third-order valence-electron chi connectivity index (χ3n) is 2.94. The highest BCUT2D eigenvalue weighted by Gasteiger charge is 2.12. The summed E-state index contributed by atoms with van der Waals surface area (Å²) in [5.41, 5.74) is 0. The molecule has 1 atom stereocenters. The number of hydrogen-bond acceptors (Lipinski definition) is 4. The summed E-state index contributed by atoms with van der Waals surface area (Å²) in [6.07, 6.45) is 8.36. The van der Waals surface area contributed by atoms with Crippen molar-refractivity contribution in [2.75, 3.05) is 6.61 Å². The summed E-state index contributed by atoms with van der Waals surface area (Å²) < 4.78 is 4.80. The summed E-state index contributed by atoms with van der Waals surface area (Å²) in [6, 6.07) is 0. The van der Waals surface area contributed by atoms with Crippen LogP contribution in [0.4, 0.5) is 4.79 Å². The van der Waals surface area contributed by atoms with Gasteiger partial charge in [0, 0.05) is 0 Å². The van der Waals surface area contributed by atoms with Gasteiger partial charge < -0.3 is 4.74 Å². The third kappa shape index (κ3) is 10.1. The van der Waals surface area contributed by atoms with Gasteiger partial charge in [-0.2, -0.15) is 5.26 Å². The van der Waals surface area contributed by atoms with E-state index in [-0.39, 0.29) is 0 Å². The number of rotatable bonds is 10. The molecule has 4 heteroatoms. The van der Waals surface area contributed by atoms with Gasteiger partial charge >= 0.3 is 6.16 Å². The van der Waals surface area contributed by atoms with Gasteiger partial charge in [-0.05, 0) is 18.8 Å². The molecule has 0 heterocycles. The zero-order chi connectivity index (χ0) is 12.9. The average molecular weight is 246 g/mol. The molecule has 1 N–H and O–H groups in total. The second-order valence-corrected chi connectivity index (χ2v) is 4.51. The van der Waals surface area contributed by atoms with Crippen LogP contribution in [0.5, 0.6) is 0 Å². The predicted molar refractivity (Wildman–Crippen MR) is 66.8 cm³/mol. The van der Waals surface area contributed by atoms with E-state index in [0.29, 0.717) is 12.5 Å². The van der Waals surface area contributed by atoms with Crippen LogP contribution >= 0.6 is 0 Å². The molecule has 0 bridgehead atoms. The van der Waals surface area contributed by atoms with Crippen molar-refractivity contribution in [3.8, 4) is 0 Å². The van der Waals surface area contributed by atoms with E-state index < -0.39 is 6.16 Å². The Morgan fingerprint density at radius 1 is 1.06 bits per heavy atom. The fourth-order valence-electron chi connectivity index (χ4n) is 1.88. The molecule has 0 aromatic rings. The molecule has 4 nitrogen and oxygen atoms in total. The van der Waals surface area contributed by atoms with Crippen molar-refractivity contribution in [1.29, 1.82) is 0 Å². The van der Waals surface area contributed by atoms with E-state index in [9.17, 15) is 4.79 Å². The van der Waals surface area contributed by atoms with Crippen molar-refractivity contribution in [3.63, 3.8) is 0 Å². The monoisotopic (exact) mass is 246 g/mol. The van der Waals surface area contributed by atoms with Crippen LogP contribution in [0, 0.1) is 5.92 Å². The fraction of sp³-hybridized carbons (Fsp3) is 0.923. The minimum absolute atomic E-state index is 0.353. The second-order valence-electron chi connectivity index (χ2n) is 4.51. The molecule has 0 spiro atoms. The molecule has 0 fully saturated rings. The summed E-state index contributed by atoms with van der Waals surface area (Å²) >= 11 is 0. The highest BCUT2D eigenvalue weighted by molar-refractivity contribution is 5.58.